The molecule has 1 atom stereocenters. The van der Waals surface area contributed by atoms with Gasteiger partial charge in [-0.05, 0) is 26.7 Å². The SMILES string of the molecule is CC1=CC2(CC1)C(=O)C=C(C)OS2(=O)=O. The topological polar surface area (TPSA) is 60.4 Å². The Bertz CT molecular complexity index is 484. The molecule has 0 aromatic rings. The second-order valence-corrected chi connectivity index (χ2v) is 5.84. The van der Waals surface area contributed by atoms with E-state index in [9.17, 15) is 13.2 Å². The normalized spacial score (nSPS) is 33.6. The molecule has 0 bridgehead atoms. The first-order chi connectivity index (χ1) is 6.87. The van der Waals surface area contributed by atoms with Crippen LogP contribution in [0.25, 0.3) is 0 Å². The molecule has 0 saturated carbocycles. The highest BCUT2D eigenvalue weighted by molar-refractivity contribution is 7.89. The van der Waals surface area contributed by atoms with Crippen molar-refractivity contribution in [3.63, 3.8) is 0 Å². The fraction of sp³-hybridized carbons (Fsp3) is 0.500. The lowest BCUT2D eigenvalue weighted by molar-refractivity contribution is -0.116. The Morgan fingerprint density at radius 3 is 2.53 bits per heavy atom. The number of carbonyl (C=O) groups excluding carboxylic acids is 1. The Morgan fingerprint density at radius 1 is 1.40 bits per heavy atom. The molecule has 2 rings (SSSR count). The Hall–Kier alpha value is -1.10. The zero-order valence-electron chi connectivity index (χ0n) is 8.61. The molecule has 1 unspecified atom stereocenters. The fourth-order valence-electron chi connectivity index (χ4n) is 2.02. The van der Waals surface area contributed by atoms with Gasteiger partial charge in [0.2, 0.25) is 0 Å². The van der Waals surface area contributed by atoms with Crippen LogP contribution in [0.2, 0.25) is 0 Å². The molecule has 0 aromatic heterocycles. The van der Waals surface area contributed by atoms with Gasteiger partial charge >= 0.3 is 10.1 Å². The van der Waals surface area contributed by atoms with Crippen molar-refractivity contribution in [2.75, 3.05) is 0 Å². The van der Waals surface area contributed by atoms with Crippen molar-refractivity contribution < 1.29 is 17.4 Å². The first-order valence-electron chi connectivity index (χ1n) is 4.72. The van der Waals surface area contributed by atoms with Gasteiger partial charge in [0, 0.05) is 6.08 Å². The van der Waals surface area contributed by atoms with E-state index in [2.05, 4.69) is 0 Å². The first kappa shape index (κ1) is 10.4. The van der Waals surface area contributed by atoms with E-state index in [1.54, 1.807) is 0 Å². The Balaban J connectivity index is 2.62. The van der Waals surface area contributed by atoms with Gasteiger partial charge < -0.3 is 4.18 Å². The van der Waals surface area contributed by atoms with Crippen molar-refractivity contribution in [2.45, 2.75) is 31.4 Å². The summed E-state index contributed by atoms with van der Waals surface area (Å²) < 4.78 is 27.0. The monoisotopic (exact) mass is 228 g/mol. The molecule has 1 aliphatic carbocycles. The number of ketones is 1. The van der Waals surface area contributed by atoms with Gasteiger partial charge in [0.25, 0.3) is 0 Å². The van der Waals surface area contributed by atoms with Crippen molar-refractivity contribution >= 4 is 15.9 Å². The fourth-order valence-corrected chi connectivity index (χ4v) is 3.56. The van der Waals surface area contributed by atoms with Crippen LogP contribution >= 0.6 is 0 Å². The van der Waals surface area contributed by atoms with Crippen molar-refractivity contribution in [3.8, 4) is 0 Å². The standard InChI is InChI=1S/C10H12O4S/c1-7-3-4-10(6-7)9(11)5-8(2)14-15(10,12)13/h5-6H,3-4H2,1-2H3. The average molecular weight is 228 g/mol. The van der Waals surface area contributed by atoms with Crippen LogP contribution in [-0.4, -0.2) is 18.9 Å². The van der Waals surface area contributed by atoms with E-state index in [4.69, 9.17) is 4.18 Å². The lowest BCUT2D eigenvalue weighted by Crippen LogP contribution is -2.45. The van der Waals surface area contributed by atoms with Gasteiger partial charge in [0.1, 0.15) is 5.76 Å². The summed E-state index contributed by atoms with van der Waals surface area (Å²) in [5.41, 5.74) is 0.920. The second kappa shape index (κ2) is 2.95. The maximum absolute atomic E-state index is 11.8. The molecule has 1 heterocycles. The molecule has 4 nitrogen and oxygen atoms in total. The minimum atomic E-state index is -3.85. The third-order valence-electron chi connectivity index (χ3n) is 2.81. The molecule has 1 aliphatic heterocycles. The van der Waals surface area contributed by atoms with Crippen LogP contribution in [0.1, 0.15) is 26.7 Å². The highest BCUT2D eigenvalue weighted by Gasteiger charge is 2.53. The van der Waals surface area contributed by atoms with Gasteiger partial charge in [-0.15, -0.1) is 0 Å². The van der Waals surface area contributed by atoms with E-state index < -0.39 is 14.9 Å². The molecule has 0 radical (unpaired) electrons. The van der Waals surface area contributed by atoms with E-state index in [1.165, 1.54) is 19.1 Å². The van der Waals surface area contributed by atoms with Gasteiger partial charge in [0.05, 0.1) is 0 Å². The zero-order chi connectivity index (χ0) is 11.3. The van der Waals surface area contributed by atoms with E-state index in [0.29, 0.717) is 12.8 Å². The van der Waals surface area contributed by atoms with E-state index >= 15 is 0 Å². The summed E-state index contributed by atoms with van der Waals surface area (Å²) >= 11 is 0. The van der Waals surface area contributed by atoms with E-state index in [-0.39, 0.29) is 11.5 Å². The van der Waals surface area contributed by atoms with Crippen LogP contribution in [0.5, 0.6) is 0 Å². The highest BCUT2D eigenvalue weighted by Crippen LogP contribution is 2.40. The van der Waals surface area contributed by atoms with Crippen LogP contribution in [-0.2, 0) is 19.1 Å². The van der Waals surface area contributed by atoms with Crippen molar-refractivity contribution in [1.29, 1.82) is 0 Å². The van der Waals surface area contributed by atoms with Crippen LogP contribution in [0.4, 0.5) is 0 Å². The molecule has 0 N–H and O–H groups in total. The van der Waals surface area contributed by atoms with E-state index in [1.807, 2.05) is 6.92 Å². The second-order valence-electron chi connectivity index (χ2n) is 4.04. The highest BCUT2D eigenvalue weighted by atomic mass is 32.2. The minimum absolute atomic E-state index is 0.142. The Kier molecular flexibility index (Phi) is 2.05. The van der Waals surface area contributed by atoms with Crippen LogP contribution in [0, 0.1) is 0 Å². The van der Waals surface area contributed by atoms with Crippen molar-refractivity contribution in [1.82, 2.24) is 0 Å². The number of rotatable bonds is 0. The van der Waals surface area contributed by atoms with Crippen LogP contribution in [0.3, 0.4) is 0 Å². The minimum Gasteiger partial charge on any atom is -0.386 e. The summed E-state index contributed by atoms with van der Waals surface area (Å²) in [6, 6.07) is 0. The Labute approximate surface area is 88.7 Å². The molecule has 1 spiro atoms. The quantitative estimate of drug-likeness (QED) is 0.463. The number of allylic oxidation sites excluding steroid dienone is 3. The predicted octanol–water partition coefficient (Wildman–Crippen LogP) is 1.30. The first-order valence-corrected chi connectivity index (χ1v) is 6.13. The lowest BCUT2D eigenvalue weighted by Gasteiger charge is -2.27. The molecule has 2 aliphatic rings. The molecule has 0 saturated heterocycles. The van der Waals surface area contributed by atoms with Crippen LogP contribution in [0.15, 0.2) is 23.5 Å². The van der Waals surface area contributed by atoms with Gasteiger partial charge in [-0.1, -0.05) is 11.6 Å². The lowest BCUT2D eigenvalue weighted by atomic mass is 10.0. The summed E-state index contributed by atoms with van der Waals surface area (Å²) in [6.07, 6.45) is 3.70. The van der Waals surface area contributed by atoms with Gasteiger partial charge in [-0.25, -0.2) is 0 Å². The third-order valence-corrected chi connectivity index (χ3v) is 4.71. The largest absolute Gasteiger partial charge is 0.386 e. The van der Waals surface area contributed by atoms with E-state index in [0.717, 1.165) is 5.57 Å². The smallest absolute Gasteiger partial charge is 0.326 e. The molecule has 0 amide bonds. The van der Waals surface area contributed by atoms with Gasteiger partial charge in [-0.3, -0.25) is 4.79 Å². The van der Waals surface area contributed by atoms with Gasteiger partial charge in [0.15, 0.2) is 10.5 Å². The molecular weight excluding hydrogens is 216 g/mol. The summed E-state index contributed by atoms with van der Waals surface area (Å²) in [5, 5.41) is 0. The summed E-state index contributed by atoms with van der Waals surface area (Å²) in [5.74, 6) is -0.244. The Morgan fingerprint density at radius 2 is 2.07 bits per heavy atom. The van der Waals surface area contributed by atoms with Crippen molar-refractivity contribution in [2.24, 2.45) is 0 Å². The number of carbonyl (C=O) groups is 1. The summed E-state index contributed by atoms with van der Waals surface area (Å²) in [7, 11) is -3.85. The average Bonchev–Trinajstić information content (AvgIpc) is 2.45. The molecule has 5 heteroatoms. The van der Waals surface area contributed by atoms with Gasteiger partial charge in [-0.2, -0.15) is 8.42 Å². The van der Waals surface area contributed by atoms with Crippen molar-refractivity contribution in [3.05, 3.63) is 23.5 Å². The predicted molar refractivity (Wildman–Crippen MR) is 54.5 cm³/mol. The summed E-state index contributed by atoms with van der Waals surface area (Å²) in [6.45, 7) is 3.29. The molecular formula is C10H12O4S. The third kappa shape index (κ3) is 1.33. The molecule has 82 valence electrons. The molecule has 0 aromatic carbocycles. The maximum Gasteiger partial charge on any atom is 0.326 e. The molecule has 0 fully saturated rings. The zero-order valence-corrected chi connectivity index (χ0v) is 9.43. The number of hydrogen-bond acceptors (Lipinski definition) is 4. The maximum atomic E-state index is 11.8. The summed E-state index contributed by atoms with van der Waals surface area (Å²) in [4.78, 5) is 11.8. The number of hydrogen-bond donors (Lipinski definition) is 0. The van der Waals surface area contributed by atoms with Crippen LogP contribution < -0.4 is 0 Å². The molecule has 15 heavy (non-hydrogen) atoms.